The van der Waals surface area contributed by atoms with E-state index in [1.54, 1.807) is 39.8 Å². The highest BCUT2D eigenvalue weighted by Crippen LogP contribution is 2.67. The van der Waals surface area contributed by atoms with E-state index in [2.05, 4.69) is 24.8 Å². The highest BCUT2D eigenvalue weighted by molar-refractivity contribution is 5.87. The van der Waals surface area contributed by atoms with Crippen LogP contribution >= 0.6 is 0 Å². The first-order valence-corrected chi connectivity index (χ1v) is 15.5. The molecule has 6 nitrogen and oxygen atoms in total. The number of aliphatic hydroxyl groups is 1. The van der Waals surface area contributed by atoms with Gasteiger partial charge >= 0.3 is 6.09 Å². The molecule has 1 aromatic carbocycles. The fraction of sp³-hybridized carbons (Fsp3) is 0.629. The molecule has 226 valence electrons. The maximum Gasteiger partial charge on any atom is 0.414 e. The third-order valence-corrected chi connectivity index (χ3v) is 10.6. The molecule has 1 spiro atoms. The van der Waals surface area contributed by atoms with Gasteiger partial charge in [0.25, 0.3) is 0 Å². The second-order valence-corrected chi connectivity index (χ2v) is 14.1. The summed E-state index contributed by atoms with van der Waals surface area (Å²) in [6.07, 6.45) is 7.44. The van der Waals surface area contributed by atoms with Crippen LogP contribution in [-0.4, -0.2) is 48.5 Å². The zero-order chi connectivity index (χ0) is 30.1. The van der Waals surface area contributed by atoms with Crippen molar-refractivity contribution in [2.75, 3.05) is 25.2 Å². The van der Waals surface area contributed by atoms with Crippen molar-refractivity contribution in [1.29, 1.82) is 0 Å². The smallest absolute Gasteiger partial charge is 0.414 e. The van der Waals surface area contributed by atoms with Crippen LogP contribution in [0.5, 0.6) is 0 Å². The van der Waals surface area contributed by atoms with Crippen molar-refractivity contribution in [2.24, 2.45) is 17.3 Å². The molecular formula is C35H44FNO5. The van der Waals surface area contributed by atoms with E-state index in [0.717, 1.165) is 37.7 Å². The molecule has 1 aromatic rings. The Morgan fingerprint density at radius 3 is 2.57 bits per heavy atom. The minimum absolute atomic E-state index is 0.0759. The van der Waals surface area contributed by atoms with Crippen LogP contribution in [0.15, 0.2) is 41.0 Å². The van der Waals surface area contributed by atoms with Gasteiger partial charge in [-0.2, -0.15) is 0 Å². The Kier molecular flexibility index (Phi) is 7.15. The summed E-state index contributed by atoms with van der Waals surface area (Å²) in [5.74, 6) is 5.64. The number of fused-ring (bicyclic) bond motifs is 4. The van der Waals surface area contributed by atoms with E-state index in [-0.39, 0.29) is 11.6 Å². The summed E-state index contributed by atoms with van der Waals surface area (Å²) in [5, 5.41) is 11.9. The zero-order valence-electron chi connectivity index (χ0n) is 25.8. The minimum Gasteiger partial charge on any atom is -0.443 e. The third-order valence-electron chi connectivity index (χ3n) is 10.6. The Bertz CT molecular complexity index is 1410. The van der Waals surface area contributed by atoms with Crippen LogP contribution in [0.4, 0.5) is 14.9 Å². The lowest BCUT2D eigenvalue weighted by atomic mass is 9.51. The number of hydrogen-bond donors (Lipinski definition) is 1. The standard InChI is InChI=1S/C35H44FNO5/c1-7-14-34(39)15-13-27-25-10-8-23-20-35(40-17-18-41-35)16-12-24(23)30(25)26(21-33(27,34)5)22-9-11-29(28(36)19-22)37(6)31(38)42-32(2,3)4/h9,11,19-20,25-27,39H,8,10,12-13,15-18,21H2,1-6H3/t25?,26?,27?,33-,34-/m0/s1. The topological polar surface area (TPSA) is 68.2 Å². The molecule has 6 rings (SSSR count). The average molecular weight is 578 g/mol. The van der Waals surface area contributed by atoms with Gasteiger partial charge in [-0.3, -0.25) is 4.90 Å². The number of nitrogens with zero attached hydrogens (tertiary/aromatic N) is 1. The van der Waals surface area contributed by atoms with E-state index in [1.807, 2.05) is 6.07 Å². The van der Waals surface area contributed by atoms with Crippen LogP contribution < -0.4 is 4.90 Å². The van der Waals surface area contributed by atoms with Crippen LogP contribution in [-0.2, 0) is 14.2 Å². The first-order valence-electron chi connectivity index (χ1n) is 15.5. The van der Waals surface area contributed by atoms with Gasteiger partial charge in [0.15, 0.2) is 5.79 Å². The molecule has 5 atom stereocenters. The van der Waals surface area contributed by atoms with Gasteiger partial charge in [0.2, 0.25) is 0 Å². The minimum atomic E-state index is -1.07. The molecule has 0 aromatic heterocycles. The molecule has 1 aliphatic heterocycles. The monoisotopic (exact) mass is 577 g/mol. The summed E-state index contributed by atoms with van der Waals surface area (Å²) in [6, 6.07) is 5.22. The normalized spacial score (nSPS) is 33.2. The van der Waals surface area contributed by atoms with Gasteiger partial charge in [-0.15, -0.1) is 5.92 Å². The van der Waals surface area contributed by atoms with Crippen molar-refractivity contribution in [2.45, 2.75) is 102 Å². The molecule has 3 unspecified atom stereocenters. The van der Waals surface area contributed by atoms with E-state index >= 15 is 4.39 Å². The fourth-order valence-electron chi connectivity index (χ4n) is 8.64. The van der Waals surface area contributed by atoms with Crippen molar-refractivity contribution in [1.82, 2.24) is 0 Å². The number of halogens is 1. The third kappa shape index (κ3) is 4.71. The van der Waals surface area contributed by atoms with Crippen LogP contribution in [0.1, 0.15) is 91.0 Å². The second kappa shape index (κ2) is 10.2. The molecular weight excluding hydrogens is 533 g/mol. The zero-order valence-corrected chi connectivity index (χ0v) is 25.8. The van der Waals surface area contributed by atoms with Gasteiger partial charge in [0, 0.05) is 24.8 Å². The number of ether oxygens (including phenoxy) is 3. The van der Waals surface area contributed by atoms with E-state index in [0.29, 0.717) is 37.9 Å². The van der Waals surface area contributed by atoms with E-state index in [4.69, 9.17) is 14.2 Å². The molecule has 1 saturated heterocycles. The Morgan fingerprint density at radius 2 is 1.90 bits per heavy atom. The van der Waals surface area contributed by atoms with Gasteiger partial charge in [0.1, 0.15) is 17.0 Å². The summed E-state index contributed by atoms with van der Waals surface area (Å²) in [4.78, 5) is 13.9. The summed E-state index contributed by atoms with van der Waals surface area (Å²) < 4.78 is 33.5. The molecule has 1 amide bonds. The number of benzene rings is 1. The van der Waals surface area contributed by atoms with Gasteiger partial charge in [-0.25, -0.2) is 9.18 Å². The number of rotatable bonds is 2. The summed E-state index contributed by atoms with van der Waals surface area (Å²) in [5.41, 5.74) is 2.93. The van der Waals surface area contributed by atoms with Crippen LogP contribution in [0, 0.1) is 34.9 Å². The molecule has 42 heavy (non-hydrogen) atoms. The molecule has 0 radical (unpaired) electrons. The van der Waals surface area contributed by atoms with Crippen molar-refractivity contribution < 1.29 is 28.5 Å². The van der Waals surface area contributed by atoms with Crippen LogP contribution in [0.3, 0.4) is 0 Å². The maximum atomic E-state index is 15.9. The number of carbonyl (C=O) groups is 1. The predicted octanol–water partition coefficient (Wildman–Crippen LogP) is 7.02. The SMILES string of the molecule is CC#C[C@]1(O)CCC2C3CCC4=CC5(CCC4=C3C(c3ccc(N(C)C(=O)OC(C)(C)C)c(F)c3)C[C@@]21C)OCCO5. The largest absolute Gasteiger partial charge is 0.443 e. The van der Waals surface area contributed by atoms with Crippen molar-refractivity contribution in [3.05, 3.63) is 52.4 Å². The van der Waals surface area contributed by atoms with E-state index < -0.39 is 34.3 Å². The molecule has 3 fully saturated rings. The number of amides is 1. The maximum absolute atomic E-state index is 15.9. The molecule has 5 aliphatic rings. The van der Waals surface area contributed by atoms with Crippen LogP contribution in [0.25, 0.3) is 0 Å². The van der Waals surface area contributed by atoms with E-state index in [1.165, 1.54) is 28.7 Å². The van der Waals surface area contributed by atoms with Crippen molar-refractivity contribution in [3.8, 4) is 11.8 Å². The van der Waals surface area contributed by atoms with Crippen molar-refractivity contribution in [3.63, 3.8) is 0 Å². The summed E-state index contributed by atoms with van der Waals surface area (Å²) >= 11 is 0. The van der Waals surface area contributed by atoms with Crippen LogP contribution in [0.2, 0.25) is 0 Å². The van der Waals surface area contributed by atoms with Gasteiger partial charge in [-0.1, -0.05) is 24.5 Å². The molecule has 1 N–H and O–H groups in total. The Morgan fingerprint density at radius 1 is 1.17 bits per heavy atom. The van der Waals surface area contributed by atoms with Gasteiger partial charge in [0.05, 0.1) is 18.9 Å². The Labute approximate surface area is 249 Å². The highest BCUT2D eigenvalue weighted by atomic mass is 19.1. The molecule has 2 saturated carbocycles. The Balaban J connectivity index is 1.43. The first kappa shape index (κ1) is 29.4. The predicted molar refractivity (Wildman–Crippen MR) is 159 cm³/mol. The van der Waals surface area contributed by atoms with E-state index in [9.17, 15) is 9.90 Å². The Hall–Kier alpha value is -2.66. The number of anilines is 1. The summed E-state index contributed by atoms with van der Waals surface area (Å²) in [6.45, 7) is 10.6. The summed E-state index contributed by atoms with van der Waals surface area (Å²) in [7, 11) is 1.53. The van der Waals surface area contributed by atoms with Gasteiger partial charge in [-0.05, 0) is 113 Å². The van der Waals surface area contributed by atoms with Crippen molar-refractivity contribution >= 4 is 11.8 Å². The molecule has 7 heteroatoms. The molecule has 1 heterocycles. The fourth-order valence-corrected chi connectivity index (χ4v) is 8.64. The first-order chi connectivity index (χ1) is 19.8. The second-order valence-electron chi connectivity index (χ2n) is 14.1. The number of hydrogen-bond acceptors (Lipinski definition) is 5. The lowest BCUT2D eigenvalue weighted by molar-refractivity contribution is -0.123. The highest BCUT2D eigenvalue weighted by Gasteiger charge is 2.62. The molecule has 0 bridgehead atoms. The van der Waals surface area contributed by atoms with Gasteiger partial charge < -0.3 is 19.3 Å². The molecule has 4 aliphatic carbocycles. The lowest BCUT2D eigenvalue weighted by Crippen LogP contribution is -2.51. The quantitative estimate of drug-likeness (QED) is 0.383. The number of allylic oxidation sites excluding steroid dienone is 3. The average Bonchev–Trinajstić information content (AvgIpc) is 3.48. The number of carbonyl (C=O) groups excluding carboxylic acids is 1. The lowest BCUT2D eigenvalue weighted by Gasteiger charge is -2.54.